The second kappa shape index (κ2) is 11.7. The number of amides is 1. The van der Waals surface area contributed by atoms with Crippen molar-refractivity contribution in [2.45, 2.75) is 25.5 Å². The Morgan fingerprint density at radius 2 is 1.76 bits per heavy atom. The summed E-state index contributed by atoms with van der Waals surface area (Å²) >= 11 is 6.45. The van der Waals surface area contributed by atoms with Crippen molar-refractivity contribution < 1.29 is 19.0 Å². The lowest BCUT2D eigenvalue weighted by molar-refractivity contribution is 0.0506. The van der Waals surface area contributed by atoms with E-state index in [-0.39, 0.29) is 18.6 Å². The summed E-state index contributed by atoms with van der Waals surface area (Å²) in [6.45, 7) is 1.41. The first-order valence-electron chi connectivity index (χ1n) is 12.6. The number of halogens is 1. The molecular formula is C30H30ClN3O4. The molecule has 1 aliphatic rings. The highest BCUT2D eigenvalue weighted by Crippen LogP contribution is 2.35. The number of ether oxygens (including phenoxy) is 3. The molecule has 196 valence electrons. The molecule has 5 rings (SSSR count). The molecule has 2 heterocycles. The molecule has 38 heavy (non-hydrogen) atoms. The smallest absolute Gasteiger partial charge is 0.255 e. The number of aryl methyl sites for hydroxylation is 1. The minimum absolute atomic E-state index is 0.0377. The van der Waals surface area contributed by atoms with Gasteiger partial charge in [0.1, 0.15) is 17.2 Å². The summed E-state index contributed by atoms with van der Waals surface area (Å²) in [6, 6.07) is 24.4. The van der Waals surface area contributed by atoms with Crippen LogP contribution in [-0.2, 0) is 18.3 Å². The number of benzene rings is 3. The lowest BCUT2D eigenvalue weighted by Crippen LogP contribution is -2.37. The summed E-state index contributed by atoms with van der Waals surface area (Å²) in [4.78, 5) is 15.6. The molecule has 1 aliphatic heterocycles. The van der Waals surface area contributed by atoms with E-state index in [1.165, 1.54) is 0 Å². The molecule has 4 aromatic rings. The number of carbonyl (C=O) groups is 1. The molecular weight excluding hydrogens is 502 g/mol. The fraction of sp³-hybridized carbons (Fsp3) is 0.267. The highest BCUT2D eigenvalue weighted by atomic mass is 35.5. The summed E-state index contributed by atoms with van der Waals surface area (Å²) in [7, 11) is 3.47. The molecule has 8 heteroatoms. The summed E-state index contributed by atoms with van der Waals surface area (Å²) in [6.07, 6.45) is 1.84. The second-order valence-electron chi connectivity index (χ2n) is 9.20. The molecule has 0 unspecified atom stereocenters. The van der Waals surface area contributed by atoms with Crippen molar-refractivity contribution in [2.24, 2.45) is 7.05 Å². The minimum Gasteiger partial charge on any atom is -0.497 e. The maximum atomic E-state index is 13.9. The summed E-state index contributed by atoms with van der Waals surface area (Å²) < 4.78 is 19.3. The first kappa shape index (κ1) is 25.8. The van der Waals surface area contributed by atoms with E-state index in [0.29, 0.717) is 35.4 Å². The van der Waals surface area contributed by atoms with Crippen molar-refractivity contribution in [3.63, 3.8) is 0 Å². The summed E-state index contributed by atoms with van der Waals surface area (Å²) in [5, 5.41) is 5.23. The second-order valence-corrected chi connectivity index (χ2v) is 9.61. The van der Waals surface area contributed by atoms with Crippen LogP contribution in [0.1, 0.15) is 28.8 Å². The number of hydrogen-bond donors (Lipinski definition) is 0. The van der Waals surface area contributed by atoms with Crippen molar-refractivity contribution in [3.05, 3.63) is 95.0 Å². The maximum Gasteiger partial charge on any atom is 0.255 e. The Labute approximate surface area is 227 Å². The van der Waals surface area contributed by atoms with Crippen LogP contribution in [0.4, 0.5) is 0 Å². The zero-order valence-corrected chi connectivity index (χ0v) is 22.2. The van der Waals surface area contributed by atoms with E-state index in [9.17, 15) is 4.79 Å². The first-order valence-corrected chi connectivity index (χ1v) is 13.0. The van der Waals surface area contributed by atoms with Gasteiger partial charge in [0.05, 0.1) is 35.9 Å². The van der Waals surface area contributed by atoms with Crippen molar-refractivity contribution in [1.82, 2.24) is 14.7 Å². The predicted molar refractivity (Wildman–Crippen MR) is 147 cm³/mol. The van der Waals surface area contributed by atoms with Crippen LogP contribution in [0.2, 0.25) is 5.02 Å². The van der Waals surface area contributed by atoms with Crippen LogP contribution in [0.5, 0.6) is 17.4 Å². The van der Waals surface area contributed by atoms with Gasteiger partial charge in [0.2, 0.25) is 5.88 Å². The lowest BCUT2D eigenvalue weighted by atomic mass is 10.1. The van der Waals surface area contributed by atoms with Gasteiger partial charge in [0.25, 0.3) is 5.91 Å². The van der Waals surface area contributed by atoms with Crippen LogP contribution >= 0.6 is 11.6 Å². The molecule has 3 aromatic carbocycles. The Bertz CT molecular complexity index is 1380. The molecule has 0 spiro atoms. The van der Waals surface area contributed by atoms with E-state index in [1.54, 1.807) is 28.8 Å². The molecule has 0 bridgehead atoms. The third kappa shape index (κ3) is 5.69. The Balaban J connectivity index is 1.56. The first-order chi connectivity index (χ1) is 18.5. The molecule has 1 amide bonds. The standard InChI is InChI=1S/C30H30ClN3O4/c1-33-30(38-23-16-14-22(36-2)15-17-23)26(28(32-33)21-9-4-3-5-10-21)20-34(19-24-11-8-18-37-24)29(35)25-12-6-7-13-27(25)31/h3-7,9-10,12-17,24H,8,11,18-20H2,1-2H3/t24-/m1/s1. The van der Waals surface area contributed by atoms with Gasteiger partial charge in [-0.25, -0.2) is 4.68 Å². The topological polar surface area (TPSA) is 65.8 Å². The maximum absolute atomic E-state index is 13.9. The molecule has 1 atom stereocenters. The van der Waals surface area contributed by atoms with Crippen molar-refractivity contribution in [3.8, 4) is 28.6 Å². The Morgan fingerprint density at radius 1 is 1.05 bits per heavy atom. The average molecular weight is 532 g/mol. The van der Waals surface area contributed by atoms with Gasteiger partial charge >= 0.3 is 0 Å². The van der Waals surface area contributed by atoms with Gasteiger partial charge in [-0.1, -0.05) is 54.1 Å². The number of rotatable bonds is 9. The molecule has 1 fully saturated rings. The van der Waals surface area contributed by atoms with Crippen LogP contribution in [0.3, 0.4) is 0 Å². The van der Waals surface area contributed by atoms with Gasteiger partial charge in [-0.15, -0.1) is 0 Å². The van der Waals surface area contributed by atoms with E-state index in [0.717, 1.165) is 35.4 Å². The fourth-order valence-corrected chi connectivity index (χ4v) is 4.87. The Morgan fingerprint density at radius 3 is 2.45 bits per heavy atom. The average Bonchev–Trinajstić information content (AvgIpc) is 3.57. The van der Waals surface area contributed by atoms with Crippen LogP contribution in [0.25, 0.3) is 11.3 Å². The number of hydrogen-bond acceptors (Lipinski definition) is 5. The van der Waals surface area contributed by atoms with E-state index < -0.39 is 0 Å². The van der Waals surface area contributed by atoms with E-state index in [4.69, 9.17) is 30.9 Å². The van der Waals surface area contributed by atoms with Gasteiger partial charge < -0.3 is 19.1 Å². The largest absolute Gasteiger partial charge is 0.497 e. The van der Waals surface area contributed by atoms with Gasteiger partial charge in [0, 0.05) is 25.8 Å². The highest BCUT2D eigenvalue weighted by molar-refractivity contribution is 6.33. The minimum atomic E-state index is -0.163. The number of nitrogens with zero attached hydrogens (tertiary/aromatic N) is 3. The lowest BCUT2D eigenvalue weighted by Gasteiger charge is -2.26. The van der Waals surface area contributed by atoms with Gasteiger partial charge in [-0.2, -0.15) is 5.10 Å². The third-order valence-corrected chi connectivity index (χ3v) is 6.93. The van der Waals surface area contributed by atoms with Crippen LogP contribution in [0, 0.1) is 0 Å². The monoisotopic (exact) mass is 531 g/mol. The zero-order chi connectivity index (χ0) is 26.5. The van der Waals surface area contributed by atoms with Gasteiger partial charge in [0.15, 0.2) is 0 Å². The highest BCUT2D eigenvalue weighted by Gasteiger charge is 2.29. The fourth-order valence-electron chi connectivity index (χ4n) is 4.66. The van der Waals surface area contributed by atoms with E-state index >= 15 is 0 Å². The predicted octanol–water partition coefficient (Wildman–Crippen LogP) is 6.36. The number of carbonyl (C=O) groups excluding carboxylic acids is 1. The normalized spacial score (nSPS) is 14.9. The van der Waals surface area contributed by atoms with Crippen molar-refractivity contribution in [1.29, 1.82) is 0 Å². The number of aromatic nitrogens is 2. The van der Waals surface area contributed by atoms with Crippen LogP contribution in [-0.4, -0.2) is 47.0 Å². The Hall–Kier alpha value is -3.81. The Kier molecular flexibility index (Phi) is 7.96. The molecule has 0 radical (unpaired) electrons. The van der Waals surface area contributed by atoms with Crippen LogP contribution in [0.15, 0.2) is 78.9 Å². The molecule has 0 saturated carbocycles. The van der Waals surface area contributed by atoms with Gasteiger partial charge in [-0.05, 0) is 49.2 Å². The summed E-state index contributed by atoms with van der Waals surface area (Å²) in [5.41, 5.74) is 2.94. The molecule has 0 N–H and O–H groups in total. The third-order valence-electron chi connectivity index (χ3n) is 6.60. The van der Waals surface area contributed by atoms with E-state index in [1.807, 2.05) is 73.8 Å². The SMILES string of the molecule is COc1ccc(Oc2c(CN(C[C@H]3CCCO3)C(=O)c3ccccc3Cl)c(-c3ccccc3)nn2C)cc1. The molecule has 7 nitrogen and oxygen atoms in total. The quantitative estimate of drug-likeness (QED) is 0.251. The summed E-state index contributed by atoms with van der Waals surface area (Å²) in [5.74, 6) is 1.76. The van der Waals surface area contributed by atoms with Gasteiger partial charge in [-0.3, -0.25) is 4.79 Å². The van der Waals surface area contributed by atoms with E-state index in [2.05, 4.69) is 0 Å². The molecule has 1 aromatic heterocycles. The molecule has 0 aliphatic carbocycles. The van der Waals surface area contributed by atoms with Crippen molar-refractivity contribution >= 4 is 17.5 Å². The number of methoxy groups -OCH3 is 1. The molecule has 1 saturated heterocycles. The van der Waals surface area contributed by atoms with Crippen LogP contribution < -0.4 is 9.47 Å². The zero-order valence-electron chi connectivity index (χ0n) is 21.5. The van der Waals surface area contributed by atoms with Crippen molar-refractivity contribution in [2.75, 3.05) is 20.3 Å².